The number of rotatable bonds is 5. The minimum Gasteiger partial charge on any atom is -0.456 e. The van der Waals surface area contributed by atoms with Crippen molar-refractivity contribution >= 4 is 12.1 Å². The van der Waals surface area contributed by atoms with Crippen LogP contribution < -0.4 is 0 Å². The van der Waals surface area contributed by atoms with Gasteiger partial charge in [-0.25, -0.2) is 14.6 Å². The number of esters is 1. The van der Waals surface area contributed by atoms with Crippen LogP contribution in [-0.2, 0) is 20.7 Å². The standard InChI is InChI=1S/C20H23N7O4/c28-18-11-16(13-30-18)26-10-6-20(31-19(26)29)4-8-25(9-5-20)7-3-15-1-2-17(21-12-15)27-14-22-23-24-27/h1-2,11-12,14H,3-10,13H2. The lowest BCUT2D eigenvalue weighted by Crippen LogP contribution is -2.54. The molecule has 0 bridgehead atoms. The Morgan fingerprint density at radius 2 is 1.94 bits per heavy atom. The van der Waals surface area contributed by atoms with Crippen LogP contribution in [0.25, 0.3) is 5.82 Å². The summed E-state index contributed by atoms with van der Waals surface area (Å²) in [4.78, 5) is 32.1. The number of cyclic esters (lactones) is 1. The predicted octanol–water partition coefficient (Wildman–Crippen LogP) is 0.717. The molecule has 5 rings (SSSR count). The van der Waals surface area contributed by atoms with Gasteiger partial charge in [0.2, 0.25) is 0 Å². The third-order valence-corrected chi connectivity index (χ3v) is 6.19. The Morgan fingerprint density at radius 1 is 1.10 bits per heavy atom. The Balaban J connectivity index is 1.10. The van der Waals surface area contributed by atoms with Gasteiger partial charge in [0, 0.05) is 57.7 Å². The smallest absolute Gasteiger partial charge is 0.414 e. The van der Waals surface area contributed by atoms with Gasteiger partial charge in [0.15, 0.2) is 5.82 Å². The van der Waals surface area contributed by atoms with E-state index in [4.69, 9.17) is 9.47 Å². The molecule has 0 unspecified atom stereocenters. The number of carbonyl (C=O) groups is 2. The van der Waals surface area contributed by atoms with Crippen molar-refractivity contribution in [2.75, 3.05) is 32.8 Å². The topological polar surface area (TPSA) is 116 Å². The number of carbonyl (C=O) groups excluding carboxylic acids is 2. The van der Waals surface area contributed by atoms with Gasteiger partial charge < -0.3 is 14.4 Å². The van der Waals surface area contributed by atoms with Crippen molar-refractivity contribution in [3.8, 4) is 5.82 Å². The van der Waals surface area contributed by atoms with Crippen molar-refractivity contribution < 1.29 is 19.1 Å². The molecule has 11 nitrogen and oxygen atoms in total. The van der Waals surface area contributed by atoms with Gasteiger partial charge in [0.05, 0.1) is 5.70 Å². The van der Waals surface area contributed by atoms with Gasteiger partial charge in [-0.3, -0.25) is 4.90 Å². The predicted molar refractivity (Wildman–Crippen MR) is 106 cm³/mol. The fourth-order valence-corrected chi connectivity index (χ4v) is 4.27. The normalized spacial score (nSPS) is 21.2. The molecular formula is C20H23N7O4. The zero-order valence-corrected chi connectivity index (χ0v) is 17.0. The molecule has 5 heterocycles. The molecule has 3 aliphatic heterocycles. The van der Waals surface area contributed by atoms with Gasteiger partial charge in [0.25, 0.3) is 0 Å². The van der Waals surface area contributed by atoms with Crippen LogP contribution in [-0.4, -0.2) is 85.4 Å². The first-order chi connectivity index (χ1) is 15.1. The Bertz CT molecular complexity index is 981. The van der Waals surface area contributed by atoms with Crippen LogP contribution in [0.3, 0.4) is 0 Å². The molecule has 2 aromatic heterocycles. The number of likely N-dealkylation sites (tertiary alicyclic amines) is 1. The van der Waals surface area contributed by atoms with Crippen molar-refractivity contribution in [3.63, 3.8) is 0 Å². The van der Waals surface area contributed by atoms with Gasteiger partial charge in [-0.1, -0.05) is 6.07 Å². The van der Waals surface area contributed by atoms with Gasteiger partial charge >= 0.3 is 12.1 Å². The summed E-state index contributed by atoms with van der Waals surface area (Å²) in [7, 11) is 0. The Hall–Kier alpha value is -3.34. The summed E-state index contributed by atoms with van der Waals surface area (Å²) in [6, 6.07) is 3.95. The molecule has 3 aliphatic rings. The lowest BCUT2D eigenvalue weighted by Gasteiger charge is -2.45. The quantitative estimate of drug-likeness (QED) is 0.639. The van der Waals surface area contributed by atoms with Crippen molar-refractivity contribution in [3.05, 3.63) is 42.0 Å². The van der Waals surface area contributed by atoms with E-state index in [9.17, 15) is 9.59 Å². The molecule has 1 spiro atoms. The number of piperidine rings is 1. The molecule has 0 saturated carbocycles. The fraction of sp³-hybridized carbons (Fsp3) is 0.500. The van der Waals surface area contributed by atoms with Gasteiger partial charge in [-0.2, -0.15) is 4.68 Å². The van der Waals surface area contributed by atoms with Crippen LogP contribution in [0.5, 0.6) is 0 Å². The zero-order valence-electron chi connectivity index (χ0n) is 17.0. The number of aromatic nitrogens is 5. The summed E-state index contributed by atoms with van der Waals surface area (Å²) in [6.07, 6.45) is 7.65. The number of nitrogens with zero attached hydrogens (tertiary/aromatic N) is 7. The number of hydrogen-bond donors (Lipinski definition) is 0. The highest BCUT2D eigenvalue weighted by Crippen LogP contribution is 2.35. The highest BCUT2D eigenvalue weighted by molar-refractivity contribution is 5.86. The summed E-state index contributed by atoms with van der Waals surface area (Å²) in [5.41, 5.74) is 1.34. The zero-order chi connectivity index (χ0) is 21.3. The molecule has 162 valence electrons. The van der Waals surface area contributed by atoms with Gasteiger partial charge in [0.1, 0.15) is 18.5 Å². The second kappa shape index (κ2) is 8.06. The molecule has 1 amide bonds. The van der Waals surface area contributed by atoms with Crippen LogP contribution in [0.15, 0.2) is 36.4 Å². The van der Waals surface area contributed by atoms with E-state index < -0.39 is 11.6 Å². The maximum absolute atomic E-state index is 12.5. The largest absolute Gasteiger partial charge is 0.456 e. The maximum atomic E-state index is 12.5. The molecule has 0 atom stereocenters. The molecule has 2 saturated heterocycles. The van der Waals surface area contributed by atoms with Crippen molar-refractivity contribution in [2.45, 2.75) is 31.3 Å². The Kier molecular flexibility index (Phi) is 5.10. The van der Waals surface area contributed by atoms with Crippen molar-refractivity contribution in [1.82, 2.24) is 35.0 Å². The minimum absolute atomic E-state index is 0.139. The number of tetrazole rings is 1. The lowest BCUT2D eigenvalue weighted by molar-refractivity contribution is -0.135. The summed E-state index contributed by atoms with van der Waals surface area (Å²) < 4.78 is 12.3. The minimum atomic E-state index is -0.406. The van der Waals surface area contributed by atoms with E-state index in [-0.39, 0.29) is 12.7 Å². The number of pyridine rings is 1. The van der Waals surface area contributed by atoms with Crippen molar-refractivity contribution in [1.29, 1.82) is 0 Å². The van der Waals surface area contributed by atoms with E-state index in [1.165, 1.54) is 22.0 Å². The molecule has 0 radical (unpaired) electrons. The highest BCUT2D eigenvalue weighted by atomic mass is 16.6. The van der Waals surface area contributed by atoms with E-state index >= 15 is 0 Å². The van der Waals surface area contributed by atoms with E-state index in [1.807, 2.05) is 18.3 Å². The summed E-state index contributed by atoms with van der Waals surface area (Å²) in [6.45, 7) is 3.39. The first kappa shape index (κ1) is 19.6. The highest BCUT2D eigenvalue weighted by Gasteiger charge is 2.44. The van der Waals surface area contributed by atoms with Crippen LogP contribution in [0.1, 0.15) is 24.8 Å². The van der Waals surface area contributed by atoms with Crippen molar-refractivity contribution in [2.24, 2.45) is 0 Å². The SMILES string of the molecule is O=C1C=C(N2CCC3(CCN(CCc4ccc(-n5cnnn5)nc4)CC3)OC2=O)CO1. The lowest BCUT2D eigenvalue weighted by atomic mass is 9.86. The Morgan fingerprint density at radius 3 is 2.58 bits per heavy atom. The molecule has 0 aromatic carbocycles. The summed E-state index contributed by atoms with van der Waals surface area (Å²) in [5, 5.41) is 11.1. The first-order valence-corrected chi connectivity index (χ1v) is 10.4. The second-order valence-electron chi connectivity index (χ2n) is 8.07. The molecule has 31 heavy (non-hydrogen) atoms. The van der Waals surface area contributed by atoms with Crippen LogP contribution >= 0.6 is 0 Å². The number of ether oxygens (including phenoxy) is 2. The third-order valence-electron chi connectivity index (χ3n) is 6.19. The van der Waals surface area contributed by atoms with E-state index in [0.29, 0.717) is 18.1 Å². The van der Waals surface area contributed by atoms with E-state index in [2.05, 4.69) is 25.4 Å². The van der Waals surface area contributed by atoms with E-state index in [0.717, 1.165) is 50.9 Å². The average molecular weight is 425 g/mol. The molecule has 0 aliphatic carbocycles. The number of hydrogen-bond acceptors (Lipinski definition) is 9. The molecular weight excluding hydrogens is 402 g/mol. The van der Waals surface area contributed by atoms with E-state index in [1.54, 1.807) is 0 Å². The molecule has 0 N–H and O–H groups in total. The Labute approximate surface area is 178 Å². The van der Waals surface area contributed by atoms with Gasteiger partial charge in [-0.05, 0) is 28.5 Å². The fourth-order valence-electron chi connectivity index (χ4n) is 4.27. The average Bonchev–Trinajstić information content (AvgIpc) is 3.46. The third kappa shape index (κ3) is 4.13. The maximum Gasteiger partial charge on any atom is 0.414 e. The van der Waals surface area contributed by atoms with Gasteiger partial charge in [-0.15, -0.1) is 5.10 Å². The summed E-state index contributed by atoms with van der Waals surface area (Å²) >= 11 is 0. The molecule has 2 aromatic rings. The number of amides is 1. The van der Waals surface area contributed by atoms with Crippen LogP contribution in [0, 0.1) is 0 Å². The molecule has 11 heteroatoms. The molecule has 2 fully saturated rings. The first-order valence-electron chi connectivity index (χ1n) is 10.4. The van der Waals surface area contributed by atoms with Crippen LogP contribution in [0.2, 0.25) is 0 Å². The summed E-state index contributed by atoms with van der Waals surface area (Å²) in [5.74, 6) is 0.280. The van der Waals surface area contributed by atoms with Crippen LogP contribution in [0.4, 0.5) is 4.79 Å². The monoisotopic (exact) mass is 425 g/mol. The second-order valence-corrected chi connectivity index (χ2v) is 8.07.